The molecule has 0 radical (unpaired) electrons. The predicted molar refractivity (Wildman–Crippen MR) is 103 cm³/mol. The molecule has 158 valence electrons. The number of fused-ring (bicyclic) bond motifs is 1. The molecule has 6 nitrogen and oxygen atoms in total. The van der Waals surface area contributed by atoms with Gasteiger partial charge in [-0.05, 0) is 46.0 Å². The number of hydrogen-bond donors (Lipinski definition) is 2. The van der Waals surface area contributed by atoms with Crippen LogP contribution in [0.4, 0.5) is 0 Å². The van der Waals surface area contributed by atoms with E-state index in [0.717, 1.165) is 31.3 Å². The van der Waals surface area contributed by atoms with E-state index in [4.69, 9.17) is 14.2 Å². The Morgan fingerprint density at radius 2 is 2.04 bits per heavy atom. The molecule has 0 aromatic heterocycles. The Hall–Kier alpha value is -0.950. The maximum atomic E-state index is 11.4. The van der Waals surface area contributed by atoms with Crippen molar-refractivity contribution < 1.29 is 29.2 Å². The van der Waals surface area contributed by atoms with Crippen LogP contribution in [0.3, 0.4) is 0 Å². The van der Waals surface area contributed by atoms with Gasteiger partial charge in [-0.3, -0.25) is 4.79 Å². The zero-order valence-corrected chi connectivity index (χ0v) is 17.5. The van der Waals surface area contributed by atoms with E-state index in [9.17, 15) is 15.0 Å². The minimum absolute atomic E-state index is 0.00772. The van der Waals surface area contributed by atoms with Crippen LogP contribution in [-0.2, 0) is 19.0 Å². The maximum Gasteiger partial charge on any atom is 0.302 e. The third-order valence-electron chi connectivity index (χ3n) is 7.91. The summed E-state index contributed by atoms with van der Waals surface area (Å²) in [4.78, 5) is 11.4. The molecular weight excluding hydrogens is 360 g/mol. The number of carbonyl (C=O) groups is 1. The van der Waals surface area contributed by atoms with Gasteiger partial charge in [-0.15, -0.1) is 0 Å². The van der Waals surface area contributed by atoms with Crippen molar-refractivity contribution in [3.63, 3.8) is 0 Å². The Labute approximate surface area is 167 Å². The molecule has 2 heterocycles. The summed E-state index contributed by atoms with van der Waals surface area (Å²) in [7, 11) is 0. The van der Waals surface area contributed by atoms with E-state index >= 15 is 0 Å². The van der Waals surface area contributed by atoms with Gasteiger partial charge in [0.15, 0.2) is 0 Å². The summed E-state index contributed by atoms with van der Waals surface area (Å²) in [6.07, 6.45) is 3.67. The summed E-state index contributed by atoms with van der Waals surface area (Å²) in [6.45, 7) is 11.6. The quantitative estimate of drug-likeness (QED) is 0.434. The fourth-order valence-corrected chi connectivity index (χ4v) is 6.17. The molecule has 0 bridgehead atoms. The van der Waals surface area contributed by atoms with Gasteiger partial charge in [-0.2, -0.15) is 0 Å². The van der Waals surface area contributed by atoms with E-state index in [2.05, 4.69) is 13.5 Å². The Balaban J connectivity index is 1.68. The summed E-state index contributed by atoms with van der Waals surface area (Å²) in [6, 6.07) is 0. The third kappa shape index (κ3) is 2.95. The molecule has 0 aromatic rings. The maximum absolute atomic E-state index is 11.4. The van der Waals surface area contributed by atoms with E-state index < -0.39 is 28.3 Å². The van der Waals surface area contributed by atoms with Gasteiger partial charge >= 0.3 is 5.97 Å². The van der Waals surface area contributed by atoms with E-state index in [1.807, 2.05) is 13.8 Å². The van der Waals surface area contributed by atoms with Crippen molar-refractivity contribution in [2.75, 3.05) is 6.61 Å². The highest BCUT2D eigenvalue weighted by molar-refractivity contribution is 5.66. The van der Waals surface area contributed by atoms with Crippen molar-refractivity contribution in [2.24, 2.45) is 11.3 Å². The lowest BCUT2D eigenvalue weighted by Gasteiger charge is -2.40. The van der Waals surface area contributed by atoms with Gasteiger partial charge in [0, 0.05) is 24.7 Å². The van der Waals surface area contributed by atoms with Gasteiger partial charge in [-0.25, -0.2) is 0 Å². The molecule has 2 N–H and O–H groups in total. The number of aliphatic hydroxyl groups excluding tert-OH is 1. The van der Waals surface area contributed by atoms with Crippen LogP contribution < -0.4 is 0 Å². The van der Waals surface area contributed by atoms with Crippen molar-refractivity contribution in [1.82, 2.24) is 0 Å². The first-order chi connectivity index (χ1) is 12.9. The minimum Gasteiger partial charge on any atom is -0.463 e. The number of hydrogen-bond acceptors (Lipinski definition) is 6. The smallest absolute Gasteiger partial charge is 0.302 e. The van der Waals surface area contributed by atoms with Gasteiger partial charge in [0.2, 0.25) is 0 Å². The van der Waals surface area contributed by atoms with Gasteiger partial charge in [0.05, 0.1) is 23.9 Å². The molecule has 2 aliphatic carbocycles. The van der Waals surface area contributed by atoms with Crippen LogP contribution in [-0.4, -0.2) is 57.9 Å². The average molecular weight is 395 g/mol. The SMILES string of the molecule is C=C1CCC2OC2(COC(C)=O)CC2OC23C(C(C)(C)O)CCC3(C)C(O)C1. The highest BCUT2D eigenvalue weighted by Gasteiger charge is 2.79. The van der Waals surface area contributed by atoms with Crippen molar-refractivity contribution in [2.45, 2.75) is 101 Å². The summed E-state index contributed by atoms with van der Waals surface area (Å²) in [5, 5.41) is 22.1. The largest absolute Gasteiger partial charge is 0.463 e. The molecule has 28 heavy (non-hydrogen) atoms. The Morgan fingerprint density at radius 1 is 1.32 bits per heavy atom. The second-order valence-corrected chi connectivity index (χ2v) is 10.2. The number of rotatable bonds is 3. The molecule has 6 heteroatoms. The molecule has 2 saturated heterocycles. The molecule has 1 spiro atoms. The first kappa shape index (κ1) is 20.3. The molecule has 2 aliphatic heterocycles. The fraction of sp³-hybridized carbons (Fsp3) is 0.864. The first-order valence-electron chi connectivity index (χ1n) is 10.5. The lowest BCUT2D eigenvalue weighted by molar-refractivity contribution is -0.142. The number of aliphatic hydroxyl groups is 2. The Morgan fingerprint density at radius 3 is 2.68 bits per heavy atom. The lowest BCUT2D eigenvalue weighted by atomic mass is 9.66. The van der Waals surface area contributed by atoms with Crippen molar-refractivity contribution in [3.8, 4) is 0 Å². The first-order valence-corrected chi connectivity index (χ1v) is 10.5. The van der Waals surface area contributed by atoms with Crippen molar-refractivity contribution in [3.05, 3.63) is 12.2 Å². The minimum atomic E-state index is -0.906. The Bertz CT molecular complexity index is 683. The zero-order chi connectivity index (χ0) is 20.5. The molecule has 4 fully saturated rings. The molecule has 7 atom stereocenters. The summed E-state index contributed by atoms with van der Waals surface area (Å²) in [5.74, 6) is -0.383. The number of epoxide rings is 2. The van der Waals surface area contributed by atoms with E-state index in [-0.39, 0.29) is 30.7 Å². The number of carbonyl (C=O) groups excluding carboxylic acids is 1. The summed E-state index contributed by atoms with van der Waals surface area (Å²) in [5.41, 5.74) is -1.47. The van der Waals surface area contributed by atoms with Crippen LogP contribution in [0.2, 0.25) is 0 Å². The number of esters is 1. The second-order valence-electron chi connectivity index (χ2n) is 10.2. The topological polar surface area (TPSA) is 91.8 Å². The van der Waals surface area contributed by atoms with Crippen LogP contribution in [0.1, 0.15) is 66.2 Å². The van der Waals surface area contributed by atoms with Crippen LogP contribution in [0.15, 0.2) is 12.2 Å². The molecule has 0 aromatic carbocycles. The van der Waals surface area contributed by atoms with E-state index in [1.165, 1.54) is 6.92 Å². The van der Waals surface area contributed by atoms with Crippen LogP contribution in [0, 0.1) is 11.3 Å². The number of ether oxygens (including phenoxy) is 3. The second kappa shape index (κ2) is 6.27. The summed E-state index contributed by atoms with van der Waals surface area (Å²) >= 11 is 0. The third-order valence-corrected chi connectivity index (χ3v) is 7.91. The van der Waals surface area contributed by atoms with Crippen molar-refractivity contribution in [1.29, 1.82) is 0 Å². The summed E-state index contributed by atoms with van der Waals surface area (Å²) < 4.78 is 17.8. The van der Waals surface area contributed by atoms with Crippen LogP contribution in [0.5, 0.6) is 0 Å². The predicted octanol–water partition coefficient (Wildman–Crippen LogP) is 2.50. The fourth-order valence-electron chi connectivity index (χ4n) is 6.17. The van der Waals surface area contributed by atoms with Gasteiger partial charge in [0.1, 0.15) is 17.8 Å². The van der Waals surface area contributed by atoms with Gasteiger partial charge in [-0.1, -0.05) is 19.1 Å². The average Bonchev–Trinajstić information content (AvgIpc) is 3.43. The monoisotopic (exact) mass is 394 g/mol. The van der Waals surface area contributed by atoms with Crippen LogP contribution in [0.25, 0.3) is 0 Å². The lowest BCUT2D eigenvalue weighted by Crippen LogP contribution is -2.51. The molecule has 0 amide bonds. The molecule has 7 unspecified atom stereocenters. The molecule has 4 rings (SSSR count). The van der Waals surface area contributed by atoms with Crippen molar-refractivity contribution >= 4 is 5.97 Å². The molecular formula is C22H34O6. The normalized spacial score (nSPS) is 48.0. The van der Waals surface area contributed by atoms with E-state index in [1.54, 1.807) is 0 Å². The van der Waals surface area contributed by atoms with E-state index in [0.29, 0.717) is 12.8 Å². The molecule has 4 aliphatic rings. The molecule has 2 saturated carbocycles. The van der Waals surface area contributed by atoms with Crippen LogP contribution >= 0.6 is 0 Å². The van der Waals surface area contributed by atoms with Gasteiger partial charge < -0.3 is 24.4 Å². The van der Waals surface area contributed by atoms with Gasteiger partial charge in [0.25, 0.3) is 0 Å². The zero-order valence-electron chi connectivity index (χ0n) is 17.5. The highest BCUT2D eigenvalue weighted by atomic mass is 16.7. The highest BCUT2D eigenvalue weighted by Crippen LogP contribution is 2.69. The Kier molecular flexibility index (Phi) is 4.55. The standard InChI is InChI=1S/C22H34O6/c1-13-6-7-17-21(27-17,12-26-14(2)23)11-18-22(28-18)15(19(3,4)25)8-9-20(22,5)16(24)10-13/h15-18,24-25H,1,6-12H2,2-5H3.